The van der Waals surface area contributed by atoms with E-state index in [2.05, 4.69) is 16.2 Å². The third kappa shape index (κ3) is 4.21. The highest BCUT2D eigenvalue weighted by Gasteiger charge is 2.51. The smallest absolute Gasteiger partial charge is 0.323 e. The first-order valence-electron chi connectivity index (χ1n) is 10.8. The Morgan fingerprint density at radius 1 is 1.03 bits per heavy atom. The maximum atomic E-state index is 12.7. The third-order valence-electron chi connectivity index (χ3n) is 6.30. The molecule has 0 radical (unpaired) electrons. The van der Waals surface area contributed by atoms with E-state index in [1.807, 2.05) is 6.07 Å². The molecule has 0 unspecified atom stereocenters. The standard InChI is InChI=1S/C21H28N4O4S/c26-17(9-12-25-19(28)21(22-20(25)29)10-5-2-6-11-21)23-24-18(27)16-13-14-7-3-1-4-8-15(14)30-16/h13H,1-12H2,(H,22,29)(H,23,26)(H,24,27). The number of carbonyl (C=O) groups excluding carboxylic acids is 4. The van der Waals surface area contributed by atoms with E-state index in [1.165, 1.54) is 28.2 Å². The summed E-state index contributed by atoms with van der Waals surface area (Å²) in [4.78, 5) is 52.5. The predicted octanol–water partition coefficient (Wildman–Crippen LogP) is 2.42. The summed E-state index contributed by atoms with van der Waals surface area (Å²) in [5, 5.41) is 2.83. The van der Waals surface area contributed by atoms with Crippen LogP contribution in [0.4, 0.5) is 4.79 Å². The first-order valence-corrected chi connectivity index (χ1v) is 11.6. The van der Waals surface area contributed by atoms with E-state index < -0.39 is 17.5 Å². The SMILES string of the molecule is O=C(CCN1C(=O)NC2(CCCCC2)C1=O)NNC(=O)c1cc2c(s1)CCCCC2. The zero-order valence-electron chi connectivity index (χ0n) is 17.1. The molecule has 1 saturated carbocycles. The van der Waals surface area contributed by atoms with Gasteiger partial charge in [-0.2, -0.15) is 0 Å². The van der Waals surface area contributed by atoms with Gasteiger partial charge < -0.3 is 5.32 Å². The van der Waals surface area contributed by atoms with Gasteiger partial charge in [0.25, 0.3) is 11.8 Å². The van der Waals surface area contributed by atoms with Gasteiger partial charge in [-0.1, -0.05) is 25.7 Å². The molecule has 0 aromatic carbocycles. The van der Waals surface area contributed by atoms with Crippen LogP contribution < -0.4 is 16.2 Å². The van der Waals surface area contributed by atoms with Crippen molar-refractivity contribution in [3.63, 3.8) is 0 Å². The highest BCUT2D eigenvalue weighted by atomic mass is 32.1. The van der Waals surface area contributed by atoms with Crippen LogP contribution in [-0.4, -0.2) is 40.7 Å². The highest BCUT2D eigenvalue weighted by molar-refractivity contribution is 7.14. The summed E-state index contributed by atoms with van der Waals surface area (Å²) in [7, 11) is 0. The number of nitrogens with zero attached hydrogens (tertiary/aromatic N) is 1. The maximum Gasteiger partial charge on any atom is 0.325 e. The molecular formula is C21H28N4O4S. The lowest BCUT2D eigenvalue weighted by atomic mass is 9.82. The average Bonchev–Trinajstić information content (AvgIpc) is 3.14. The van der Waals surface area contributed by atoms with Crippen molar-refractivity contribution in [3.8, 4) is 0 Å². The Bertz CT molecular complexity index is 836. The Hall–Kier alpha value is -2.42. The van der Waals surface area contributed by atoms with Gasteiger partial charge in [-0.15, -0.1) is 11.3 Å². The van der Waals surface area contributed by atoms with E-state index in [9.17, 15) is 19.2 Å². The van der Waals surface area contributed by atoms with Crippen molar-refractivity contribution in [1.29, 1.82) is 0 Å². The Labute approximate surface area is 179 Å². The maximum absolute atomic E-state index is 12.7. The number of hydrazine groups is 1. The fourth-order valence-corrected chi connectivity index (χ4v) is 5.77. The van der Waals surface area contributed by atoms with E-state index in [4.69, 9.17) is 0 Å². The quantitative estimate of drug-likeness (QED) is 0.386. The van der Waals surface area contributed by atoms with Crippen molar-refractivity contribution in [2.45, 2.75) is 76.2 Å². The zero-order valence-corrected chi connectivity index (χ0v) is 17.9. The molecule has 3 N–H and O–H groups in total. The van der Waals surface area contributed by atoms with Crippen molar-refractivity contribution in [2.75, 3.05) is 6.54 Å². The number of hydrogen-bond acceptors (Lipinski definition) is 5. The number of urea groups is 1. The van der Waals surface area contributed by atoms with E-state index in [0.29, 0.717) is 17.7 Å². The van der Waals surface area contributed by atoms with Crippen molar-refractivity contribution in [2.24, 2.45) is 0 Å². The Balaban J connectivity index is 1.26. The molecular weight excluding hydrogens is 404 g/mol. The van der Waals surface area contributed by atoms with Crippen molar-refractivity contribution in [3.05, 3.63) is 21.4 Å². The largest absolute Gasteiger partial charge is 0.325 e. The number of fused-ring (bicyclic) bond motifs is 1. The summed E-state index contributed by atoms with van der Waals surface area (Å²) in [6, 6.07) is 1.49. The van der Waals surface area contributed by atoms with Crippen LogP contribution in [0.1, 0.15) is 77.9 Å². The molecule has 8 nitrogen and oxygen atoms in total. The number of hydrogen-bond donors (Lipinski definition) is 3. The molecule has 2 fully saturated rings. The van der Waals surface area contributed by atoms with Gasteiger partial charge in [0.1, 0.15) is 5.54 Å². The summed E-state index contributed by atoms with van der Waals surface area (Å²) in [5.41, 5.74) is 5.30. The summed E-state index contributed by atoms with van der Waals surface area (Å²) in [6.07, 6.45) is 9.67. The summed E-state index contributed by atoms with van der Waals surface area (Å²) in [5.74, 6) is -1.01. The van der Waals surface area contributed by atoms with E-state index >= 15 is 0 Å². The molecule has 1 aromatic heterocycles. The molecule has 30 heavy (non-hydrogen) atoms. The normalized spacial score (nSPS) is 20.5. The summed E-state index contributed by atoms with van der Waals surface area (Å²) in [6.45, 7) is 0.00141. The number of thiophene rings is 1. The fourth-order valence-electron chi connectivity index (χ4n) is 4.62. The van der Waals surface area contributed by atoms with Gasteiger partial charge >= 0.3 is 6.03 Å². The van der Waals surface area contributed by atoms with Gasteiger partial charge in [-0.25, -0.2) is 4.79 Å². The molecule has 1 aromatic rings. The van der Waals surface area contributed by atoms with Crippen molar-refractivity contribution < 1.29 is 19.2 Å². The fraction of sp³-hybridized carbons (Fsp3) is 0.619. The minimum absolute atomic E-state index is 0.00141. The molecule has 4 rings (SSSR count). The number of carbonyl (C=O) groups is 4. The molecule has 2 aliphatic carbocycles. The lowest BCUT2D eigenvalue weighted by Gasteiger charge is -2.30. The topological polar surface area (TPSA) is 108 Å². The van der Waals surface area contributed by atoms with Gasteiger partial charge in [0.05, 0.1) is 4.88 Å². The van der Waals surface area contributed by atoms with Crippen LogP contribution in [0.5, 0.6) is 0 Å². The van der Waals surface area contributed by atoms with Gasteiger partial charge in [0.2, 0.25) is 5.91 Å². The van der Waals surface area contributed by atoms with Crippen LogP contribution in [0.15, 0.2) is 6.07 Å². The third-order valence-corrected chi connectivity index (χ3v) is 7.54. The number of rotatable bonds is 4. The predicted molar refractivity (Wildman–Crippen MR) is 112 cm³/mol. The van der Waals surface area contributed by atoms with Gasteiger partial charge in [-0.05, 0) is 50.2 Å². The second-order valence-corrected chi connectivity index (χ2v) is 9.54. The van der Waals surface area contributed by atoms with Gasteiger partial charge in [0.15, 0.2) is 0 Å². The van der Waals surface area contributed by atoms with Crippen LogP contribution in [0, 0.1) is 0 Å². The lowest BCUT2D eigenvalue weighted by Crippen LogP contribution is -2.48. The van der Waals surface area contributed by atoms with Crippen LogP contribution in [0.2, 0.25) is 0 Å². The average molecular weight is 433 g/mol. The highest BCUT2D eigenvalue weighted by Crippen LogP contribution is 2.33. The molecule has 1 spiro atoms. The van der Waals surface area contributed by atoms with Crippen LogP contribution >= 0.6 is 11.3 Å². The van der Waals surface area contributed by atoms with Gasteiger partial charge in [-0.3, -0.25) is 30.1 Å². The van der Waals surface area contributed by atoms with Crippen LogP contribution in [-0.2, 0) is 22.4 Å². The first-order chi connectivity index (χ1) is 14.5. The summed E-state index contributed by atoms with van der Waals surface area (Å²) < 4.78 is 0. The Kier molecular flexibility index (Phi) is 6.08. The van der Waals surface area contributed by atoms with E-state index in [-0.39, 0.29) is 24.8 Å². The van der Waals surface area contributed by atoms with Crippen LogP contribution in [0.25, 0.3) is 0 Å². The van der Waals surface area contributed by atoms with Crippen molar-refractivity contribution in [1.82, 2.24) is 21.1 Å². The monoisotopic (exact) mass is 432 g/mol. The van der Waals surface area contributed by atoms with Gasteiger partial charge in [0, 0.05) is 17.8 Å². The molecule has 2 heterocycles. The Morgan fingerprint density at radius 2 is 1.77 bits per heavy atom. The number of amides is 5. The lowest BCUT2D eigenvalue weighted by molar-refractivity contribution is -0.132. The number of imide groups is 1. The number of nitrogens with one attached hydrogen (secondary N) is 3. The zero-order chi connectivity index (χ0) is 21.1. The Morgan fingerprint density at radius 3 is 2.57 bits per heavy atom. The molecule has 162 valence electrons. The van der Waals surface area contributed by atoms with E-state index in [0.717, 1.165) is 49.8 Å². The van der Waals surface area contributed by atoms with E-state index in [1.54, 1.807) is 0 Å². The second-order valence-electron chi connectivity index (χ2n) is 8.40. The molecule has 3 aliphatic rings. The molecule has 0 atom stereocenters. The minimum Gasteiger partial charge on any atom is -0.323 e. The second kappa shape index (κ2) is 8.75. The minimum atomic E-state index is -0.781. The summed E-state index contributed by atoms with van der Waals surface area (Å²) >= 11 is 1.49. The molecule has 1 aliphatic heterocycles. The molecule has 0 bridgehead atoms. The molecule has 1 saturated heterocycles. The molecule has 9 heteroatoms. The van der Waals surface area contributed by atoms with Crippen molar-refractivity contribution >= 4 is 35.1 Å². The number of aryl methyl sites for hydroxylation is 2. The van der Waals surface area contributed by atoms with Crippen LogP contribution in [0.3, 0.4) is 0 Å². The first kappa shape index (κ1) is 20.8. The molecule has 5 amide bonds.